The highest BCUT2D eigenvalue weighted by Gasteiger charge is 2.50. The molecule has 142 heavy (non-hydrogen) atoms. The van der Waals surface area contributed by atoms with E-state index in [2.05, 4.69) is 385 Å². The topological polar surface area (TPSA) is 42.7 Å². The van der Waals surface area contributed by atoms with Gasteiger partial charge < -0.3 is 18.2 Å². The van der Waals surface area contributed by atoms with Crippen LogP contribution in [0.1, 0.15) is 304 Å². The van der Waals surface area contributed by atoms with Gasteiger partial charge in [-0.1, -0.05) is 406 Å². The zero-order valence-corrected chi connectivity index (χ0v) is 85.4. The number of anilines is 3. The van der Waals surface area contributed by atoms with Gasteiger partial charge in [-0.3, -0.25) is 0 Å². The summed E-state index contributed by atoms with van der Waals surface area (Å²) in [6, 6.07) is 116. The number of furan rings is 3. The van der Waals surface area contributed by atoms with E-state index in [0.29, 0.717) is 0 Å². The van der Waals surface area contributed by atoms with Crippen molar-refractivity contribution in [2.24, 2.45) is 0 Å². The largest absolute Gasteiger partial charge is 0.456 e. The van der Waals surface area contributed by atoms with Gasteiger partial charge in [0.2, 0.25) is 0 Å². The Balaban J connectivity index is 0.617. The van der Waals surface area contributed by atoms with Crippen LogP contribution in [-0.4, -0.2) is 0 Å². The monoisotopic (exact) mass is 1850 g/mol. The second-order valence-corrected chi connectivity index (χ2v) is 45.3. The number of nitrogens with zero attached hydrogens (tertiary/aromatic N) is 1. The van der Waals surface area contributed by atoms with Crippen LogP contribution in [0.2, 0.25) is 0 Å². The maximum absolute atomic E-state index is 7.50. The van der Waals surface area contributed by atoms with Crippen LogP contribution in [0.15, 0.2) is 311 Å². The molecule has 16 aromatic carbocycles. The van der Waals surface area contributed by atoms with E-state index < -0.39 is 5.41 Å². The summed E-state index contributed by atoms with van der Waals surface area (Å²) in [5, 5.41) is 7.13. The van der Waals surface area contributed by atoms with Crippen LogP contribution in [-0.2, 0) is 32.5 Å². The van der Waals surface area contributed by atoms with Gasteiger partial charge in [0.15, 0.2) is 0 Å². The Morgan fingerprint density at radius 3 is 1.08 bits per heavy atom. The summed E-state index contributed by atoms with van der Waals surface area (Å²) in [5.41, 5.74) is 50.2. The molecule has 25 rings (SSSR count). The highest BCUT2D eigenvalue weighted by Crippen LogP contribution is 2.66. The van der Waals surface area contributed by atoms with E-state index >= 15 is 0 Å². The Morgan fingerprint density at radius 1 is 0.197 bits per heavy atom. The summed E-state index contributed by atoms with van der Waals surface area (Å²) in [6.07, 6.45) is 29.5. The van der Waals surface area contributed by atoms with Crippen molar-refractivity contribution >= 4 is 82.9 Å². The average molecular weight is 1850 g/mol. The summed E-state index contributed by atoms with van der Waals surface area (Å²) in [4.78, 5) is 2.67. The van der Waals surface area contributed by atoms with Crippen molar-refractivity contribution < 1.29 is 13.3 Å². The number of rotatable bonds is 31. The van der Waals surface area contributed by atoms with Gasteiger partial charge in [0.05, 0.1) is 0 Å². The SMILES string of the molecule is CCCCCCCC1(CCCCCCC)c2ccccc2-c2ccc(-c3ccc4c(c3)C(C)(C)c3cc(-c5ccc(-c6cc7c(c8c6oc6ccccc68)-c6ccc(N(c8ccc9c(c8)C(C)(C)c8cc%10c(cc8-9)C(C)(C)c8ccc9oc%11ccccc%11c9c8-%10)c8ccc9c(c8)C(C)(C)c8cc(-c%10ccccc%10)c%10oc%11ccccc%11c%10c8-9)cc6C7(CCCCCCC)CCCCCCC)cc5)ccc3-4)cc21. The lowest BCUT2D eigenvalue weighted by Crippen LogP contribution is -2.26. The molecule has 3 heterocycles. The molecule has 0 N–H and O–H groups in total. The van der Waals surface area contributed by atoms with Crippen LogP contribution in [0.4, 0.5) is 17.1 Å². The zero-order chi connectivity index (χ0) is 96.5. The maximum Gasteiger partial charge on any atom is 0.143 e. The second kappa shape index (κ2) is 34.8. The van der Waals surface area contributed by atoms with Crippen LogP contribution in [0, 0.1) is 0 Å². The van der Waals surface area contributed by atoms with E-state index in [-0.39, 0.29) is 27.1 Å². The first kappa shape index (κ1) is 90.0. The van der Waals surface area contributed by atoms with E-state index in [1.807, 2.05) is 0 Å². The first-order chi connectivity index (χ1) is 69.3. The van der Waals surface area contributed by atoms with Gasteiger partial charge in [0.25, 0.3) is 0 Å². The molecule has 0 atom stereocenters. The maximum atomic E-state index is 7.50. The van der Waals surface area contributed by atoms with E-state index in [4.69, 9.17) is 13.3 Å². The molecule has 6 aliphatic carbocycles. The predicted octanol–water partition coefficient (Wildman–Crippen LogP) is 40.7. The third-order valence-corrected chi connectivity index (χ3v) is 35.7. The second-order valence-electron chi connectivity index (χ2n) is 45.3. The summed E-state index contributed by atoms with van der Waals surface area (Å²) in [5.74, 6) is 0. The molecule has 6 aliphatic rings. The molecular weight excluding hydrogens is 1720 g/mol. The van der Waals surface area contributed by atoms with E-state index in [1.165, 1.54) is 317 Å². The fraction of sp³-hybridized carbons (Fsp3) is 0.304. The third-order valence-electron chi connectivity index (χ3n) is 35.7. The van der Waals surface area contributed by atoms with Gasteiger partial charge in [-0.05, 0) is 296 Å². The fourth-order valence-corrected chi connectivity index (χ4v) is 28.1. The predicted molar refractivity (Wildman–Crippen MR) is 601 cm³/mol. The third kappa shape index (κ3) is 13.9. The standard InChI is InChI=1S/C138H133NO3/c1-13-17-21-25-40-72-137(73-41-26-22-18-14-2)109-50-36-32-46-95(109)98-66-60-91(78-117(98)137)90-59-65-97-96-64-58-89(76-111(96)134(7,8)112(97)77-90)86-54-56-88(57-55-86)106-83-120-126(130-104-49-35-39-53-123(104)142-132(106)130)101-69-63-94(81-118(101)138(120,74-42-27-23-19-15-3)75-43-28-24-20-16-4)139(93-62-68-100-114(80-93)136(11,12)119-82-105(87-44-30-29-31-45-87)131-129(125(100)119)103-48-34-38-52-122(103)141-131)92-61-67-99-107-84-116-108(85-115(107)135(9,10)113(99)79-92)127-110(133(116,5)6)70-71-124-128(127)102-47-33-37-51-121(102)140-124/h29-39,44-71,76-85H,13-28,40-43,72-75H2,1-12H3. The van der Waals surface area contributed by atoms with Crippen LogP contribution in [0.3, 0.4) is 0 Å². The van der Waals surface area contributed by atoms with Crippen LogP contribution in [0.5, 0.6) is 0 Å². The highest BCUT2D eigenvalue weighted by atomic mass is 16.3. The number of para-hydroxylation sites is 3. The summed E-state index contributed by atoms with van der Waals surface area (Å²) >= 11 is 0. The van der Waals surface area contributed by atoms with Crippen LogP contribution < -0.4 is 4.90 Å². The quantitative estimate of drug-likeness (QED) is 0.0406. The first-order valence-corrected chi connectivity index (χ1v) is 54.3. The van der Waals surface area contributed by atoms with Gasteiger partial charge in [0.1, 0.15) is 33.5 Å². The molecule has 3 aromatic heterocycles. The van der Waals surface area contributed by atoms with E-state index in [0.717, 1.165) is 87.1 Å². The Hall–Kier alpha value is -13.3. The van der Waals surface area contributed by atoms with E-state index in [9.17, 15) is 0 Å². The van der Waals surface area contributed by atoms with Crippen LogP contribution >= 0.6 is 0 Å². The Bertz CT molecular complexity index is 8260. The van der Waals surface area contributed by atoms with Gasteiger partial charge >= 0.3 is 0 Å². The molecular formula is C138H133NO3. The molecule has 4 heteroatoms. The fourth-order valence-electron chi connectivity index (χ4n) is 28.1. The van der Waals surface area contributed by atoms with Gasteiger partial charge in [-0.25, -0.2) is 0 Å². The lowest BCUT2D eigenvalue weighted by Gasteiger charge is -2.35. The smallest absolute Gasteiger partial charge is 0.143 e. The average Bonchev–Trinajstić information content (AvgIpc) is 1.55. The molecule has 0 unspecified atom stereocenters. The molecule has 708 valence electrons. The minimum Gasteiger partial charge on any atom is -0.456 e. The summed E-state index contributed by atoms with van der Waals surface area (Å²) in [6.45, 7) is 29.1. The lowest BCUT2D eigenvalue weighted by atomic mass is 9.70. The Labute approximate surface area is 840 Å². The highest BCUT2D eigenvalue weighted by molar-refractivity contribution is 6.21. The molecule has 0 radical (unpaired) electrons. The van der Waals surface area contributed by atoms with Crippen molar-refractivity contribution in [2.75, 3.05) is 4.90 Å². The Kier molecular flexibility index (Phi) is 22.1. The van der Waals surface area contributed by atoms with Crippen molar-refractivity contribution in [3.63, 3.8) is 0 Å². The summed E-state index contributed by atoms with van der Waals surface area (Å²) < 4.78 is 21.3. The molecule has 0 bridgehead atoms. The Morgan fingerprint density at radius 2 is 0.528 bits per heavy atom. The molecule has 0 fully saturated rings. The first-order valence-electron chi connectivity index (χ1n) is 54.3. The number of benzene rings is 16. The van der Waals surface area contributed by atoms with Crippen molar-refractivity contribution in [3.05, 3.63) is 364 Å². The van der Waals surface area contributed by atoms with Gasteiger partial charge in [-0.2, -0.15) is 0 Å². The lowest BCUT2D eigenvalue weighted by molar-refractivity contribution is 0.399. The van der Waals surface area contributed by atoms with Crippen molar-refractivity contribution in [1.82, 2.24) is 0 Å². The van der Waals surface area contributed by atoms with Crippen molar-refractivity contribution in [3.8, 4) is 111 Å². The van der Waals surface area contributed by atoms with Gasteiger partial charge in [-0.15, -0.1) is 0 Å². The minimum atomic E-state index is -0.405. The molecule has 0 spiro atoms. The zero-order valence-electron chi connectivity index (χ0n) is 85.4. The van der Waals surface area contributed by atoms with E-state index in [1.54, 1.807) is 11.1 Å². The molecule has 0 amide bonds. The van der Waals surface area contributed by atoms with Crippen molar-refractivity contribution in [2.45, 2.75) is 270 Å². The number of hydrogen-bond acceptors (Lipinski definition) is 4. The normalized spacial score (nSPS) is 15.4. The van der Waals surface area contributed by atoms with Gasteiger partial charge in [0, 0.05) is 93.0 Å². The number of unbranched alkanes of at least 4 members (excludes halogenated alkanes) is 16. The minimum absolute atomic E-state index is 0.0282. The molecule has 0 saturated carbocycles. The molecule has 4 nitrogen and oxygen atoms in total. The molecule has 19 aromatic rings. The van der Waals surface area contributed by atoms with Crippen LogP contribution in [0.25, 0.3) is 177 Å². The van der Waals surface area contributed by atoms with Crippen molar-refractivity contribution in [1.29, 1.82) is 0 Å². The molecule has 0 saturated heterocycles. The summed E-state index contributed by atoms with van der Waals surface area (Å²) in [7, 11) is 0. The molecule has 0 aliphatic heterocycles. The number of fused-ring (bicyclic) bond motifs is 30. The number of hydrogen-bond donors (Lipinski definition) is 0.